The van der Waals surface area contributed by atoms with Crippen LogP contribution in [0.25, 0.3) is 0 Å². The second kappa shape index (κ2) is 4.98. The summed E-state index contributed by atoms with van der Waals surface area (Å²) >= 11 is 3.23. The van der Waals surface area contributed by atoms with Gasteiger partial charge in [-0.1, -0.05) is 13.8 Å². The van der Waals surface area contributed by atoms with E-state index < -0.39 is 5.97 Å². The highest BCUT2D eigenvalue weighted by molar-refractivity contribution is 9.10. The maximum atomic E-state index is 11.8. The molecule has 0 aromatic carbocycles. The topological polar surface area (TPSA) is 64.1 Å². The van der Waals surface area contributed by atoms with Crippen molar-refractivity contribution in [3.05, 3.63) is 16.5 Å². The Morgan fingerprint density at radius 2 is 2.20 bits per heavy atom. The molecule has 20 heavy (non-hydrogen) atoms. The molecule has 5 nitrogen and oxygen atoms in total. The summed E-state index contributed by atoms with van der Waals surface area (Å²) in [5.41, 5.74) is 0.208. The molecule has 0 bridgehead atoms. The normalized spacial score (nSPS) is 25.2. The second-order valence-electron chi connectivity index (χ2n) is 6.15. The average Bonchev–Trinajstić information content (AvgIpc) is 3.00. The quantitative estimate of drug-likeness (QED) is 0.851. The molecule has 1 saturated carbocycles. The number of hydrogen-bond donors (Lipinski definition) is 1. The minimum atomic E-state index is -0.494. The molecule has 1 aliphatic carbocycles. The third-order valence-corrected chi connectivity index (χ3v) is 5.02. The number of rotatable bonds is 4. The van der Waals surface area contributed by atoms with Crippen LogP contribution in [0.2, 0.25) is 0 Å². The van der Waals surface area contributed by atoms with Crippen molar-refractivity contribution >= 4 is 27.7 Å². The molecule has 6 heteroatoms. The largest absolute Gasteiger partial charge is 0.464 e. The van der Waals surface area contributed by atoms with Crippen molar-refractivity contribution in [3.8, 4) is 0 Å². The predicted octanol–water partition coefficient (Wildman–Crippen LogP) is 3.26. The molecule has 1 fully saturated rings. The first kappa shape index (κ1) is 15.2. The highest BCUT2D eigenvalue weighted by atomic mass is 79.9. The average molecular weight is 342 g/mol. The minimum Gasteiger partial charge on any atom is -0.464 e. The summed E-state index contributed by atoms with van der Waals surface area (Å²) in [6.45, 7) is 8.73. The Labute approximate surface area is 127 Å². The standard InChI is InChI=1S/C14H20BrN3O2/c1-8-6-14(8,4)13(2,3)18-11-10(12(19)20-5)17-9(15)7-16-11/h7-8H,6H2,1-5H3,(H,16,18). The van der Waals surface area contributed by atoms with E-state index in [1.54, 1.807) is 6.20 Å². The lowest BCUT2D eigenvalue weighted by Crippen LogP contribution is -2.41. The van der Waals surface area contributed by atoms with Crippen LogP contribution in [0.4, 0.5) is 5.82 Å². The van der Waals surface area contributed by atoms with Gasteiger partial charge in [0, 0.05) is 5.54 Å². The number of carbonyl (C=O) groups is 1. The van der Waals surface area contributed by atoms with Gasteiger partial charge in [0.05, 0.1) is 13.3 Å². The van der Waals surface area contributed by atoms with E-state index in [-0.39, 0.29) is 16.6 Å². The Morgan fingerprint density at radius 1 is 1.60 bits per heavy atom. The van der Waals surface area contributed by atoms with Crippen LogP contribution < -0.4 is 5.32 Å². The molecule has 1 N–H and O–H groups in total. The van der Waals surface area contributed by atoms with Gasteiger partial charge in [-0.05, 0) is 47.5 Å². The minimum absolute atomic E-state index is 0.183. The molecule has 1 heterocycles. The summed E-state index contributed by atoms with van der Waals surface area (Å²) < 4.78 is 5.27. The molecular weight excluding hydrogens is 322 g/mol. The fourth-order valence-corrected chi connectivity index (χ4v) is 2.86. The van der Waals surface area contributed by atoms with Crippen LogP contribution in [-0.2, 0) is 4.74 Å². The molecular formula is C14H20BrN3O2. The van der Waals surface area contributed by atoms with Crippen molar-refractivity contribution in [1.29, 1.82) is 0 Å². The Kier molecular flexibility index (Phi) is 3.79. The number of ether oxygens (including phenoxy) is 1. The monoisotopic (exact) mass is 341 g/mol. The first-order chi connectivity index (χ1) is 9.21. The van der Waals surface area contributed by atoms with Crippen LogP contribution in [0.5, 0.6) is 0 Å². The Balaban J connectivity index is 2.32. The predicted molar refractivity (Wildman–Crippen MR) is 80.7 cm³/mol. The van der Waals surface area contributed by atoms with Crippen LogP contribution in [0, 0.1) is 11.3 Å². The lowest BCUT2D eigenvalue weighted by atomic mass is 9.84. The molecule has 2 unspecified atom stereocenters. The summed E-state index contributed by atoms with van der Waals surface area (Å²) in [5.74, 6) is 0.617. The van der Waals surface area contributed by atoms with Crippen molar-refractivity contribution < 1.29 is 9.53 Å². The number of nitrogens with one attached hydrogen (secondary N) is 1. The first-order valence-electron chi connectivity index (χ1n) is 6.60. The molecule has 2 rings (SSSR count). The number of nitrogens with zero attached hydrogens (tertiary/aromatic N) is 2. The van der Waals surface area contributed by atoms with E-state index >= 15 is 0 Å². The molecule has 1 aliphatic rings. The number of halogens is 1. The van der Waals surface area contributed by atoms with Crippen LogP contribution in [0.3, 0.4) is 0 Å². The number of aromatic nitrogens is 2. The fraction of sp³-hybridized carbons (Fsp3) is 0.643. The lowest BCUT2D eigenvalue weighted by molar-refractivity contribution is 0.0594. The van der Waals surface area contributed by atoms with Gasteiger partial charge in [0.1, 0.15) is 4.60 Å². The summed E-state index contributed by atoms with van der Waals surface area (Å²) in [4.78, 5) is 20.3. The van der Waals surface area contributed by atoms with Gasteiger partial charge in [-0.15, -0.1) is 0 Å². The van der Waals surface area contributed by atoms with Gasteiger partial charge in [0.15, 0.2) is 11.5 Å². The van der Waals surface area contributed by atoms with Crippen LogP contribution in [0.15, 0.2) is 10.8 Å². The van der Waals surface area contributed by atoms with E-state index in [4.69, 9.17) is 4.74 Å². The number of anilines is 1. The van der Waals surface area contributed by atoms with Gasteiger partial charge in [-0.2, -0.15) is 0 Å². The van der Waals surface area contributed by atoms with Gasteiger partial charge in [-0.3, -0.25) is 0 Å². The Hall–Kier alpha value is -1.17. The van der Waals surface area contributed by atoms with Gasteiger partial charge in [-0.25, -0.2) is 14.8 Å². The maximum absolute atomic E-state index is 11.8. The third kappa shape index (κ3) is 2.53. The summed E-state index contributed by atoms with van der Waals surface area (Å²) in [6, 6.07) is 0. The molecule has 0 amide bonds. The van der Waals surface area contributed by atoms with E-state index in [9.17, 15) is 4.79 Å². The molecule has 0 aliphatic heterocycles. The zero-order valence-electron chi connectivity index (χ0n) is 12.5. The highest BCUT2D eigenvalue weighted by Crippen LogP contribution is 2.59. The highest BCUT2D eigenvalue weighted by Gasteiger charge is 2.57. The molecule has 1 aromatic heterocycles. The van der Waals surface area contributed by atoms with Gasteiger partial charge >= 0.3 is 5.97 Å². The van der Waals surface area contributed by atoms with E-state index in [0.717, 1.165) is 6.42 Å². The van der Waals surface area contributed by atoms with Gasteiger partial charge < -0.3 is 10.1 Å². The molecule has 110 valence electrons. The van der Waals surface area contributed by atoms with E-state index in [2.05, 4.69) is 58.9 Å². The first-order valence-corrected chi connectivity index (χ1v) is 7.39. The molecule has 0 saturated heterocycles. The van der Waals surface area contributed by atoms with Crippen LogP contribution in [-0.4, -0.2) is 28.6 Å². The molecule has 1 aromatic rings. The number of methoxy groups -OCH3 is 1. The van der Waals surface area contributed by atoms with Crippen molar-refractivity contribution in [2.45, 2.75) is 39.7 Å². The smallest absolute Gasteiger partial charge is 0.360 e. The lowest BCUT2D eigenvalue weighted by Gasteiger charge is -2.35. The Morgan fingerprint density at radius 3 is 2.70 bits per heavy atom. The van der Waals surface area contributed by atoms with E-state index in [1.165, 1.54) is 7.11 Å². The fourth-order valence-electron chi connectivity index (χ4n) is 2.59. The summed E-state index contributed by atoms with van der Waals surface area (Å²) in [7, 11) is 1.34. The zero-order chi connectivity index (χ0) is 15.1. The van der Waals surface area contributed by atoms with Gasteiger partial charge in [0.25, 0.3) is 0 Å². The van der Waals surface area contributed by atoms with Crippen molar-refractivity contribution in [2.75, 3.05) is 12.4 Å². The maximum Gasteiger partial charge on any atom is 0.360 e. The third-order valence-electron chi connectivity index (χ3n) is 4.64. The zero-order valence-corrected chi connectivity index (χ0v) is 14.0. The molecule has 2 atom stereocenters. The Bertz CT molecular complexity index is 547. The van der Waals surface area contributed by atoms with Crippen molar-refractivity contribution in [3.63, 3.8) is 0 Å². The summed E-state index contributed by atoms with van der Waals surface area (Å²) in [5, 5.41) is 3.37. The molecule has 0 radical (unpaired) electrons. The van der Waals surface area contributed by atoms with Crippen LogP contribution >= 0.6 is 15.9 Å². The second-order valence-corrected chi connectivity index (χ2v) is 6.97. The van der Waals surface area contributed by atoms with E-state index in [0.29, 0.717) is 16.3 Å². The molecule has 0 spiro atoms. The number of hydrogen-bond acceptors (Lipinski definition) is 5. The van der Waals surface area contributed by atoms with Crippen molar-refractivity contribution in [1.82, 2.24) is 9.97 Å². The van der Waals surface area contributed by atoms with Crippen molar-refractivity contribution in [2.24, 2.45) is 11.3 Å². The number of esters is 1. The van der Waals surface area contributed by atoms with Crippen LogP contribution in [0.1, 0.15) is 44.6 Å². The van der Waals surface area contributed by atoms with E-state index in [1.807, 2.05) is 0 Å². The SMILES string of the molecule is COC(=O)c1nc(Br)cnc1NC(C)(C)C1(C)CC1C. The number of carbonyl (C=O) groups excluding carboxylic acids is 1. The summed E-state index contributed by atoms with van der Waals surface area (Å²) in [6.07, 6.45) is 2.73. The van der Waals surface area contributed by atoms with Gasteiger partial charge in [0.2, 0.25) is 0 Å².